The molecule has 6 nitrogen and oxygen atoms in total. The van der Waals surface area contributed by atoms with Crippen LogP contribution in [0.15, 0.2) is 12.4 Å². The summed E-state index contributed by atoms with van der Waals surface area (Å²) in [5.74, 6) is 6.40. The lowest BCUT2D eigenvalue weighted by Gasteiger charge is -2.00. The molecule has 3 N–H and O–H groups in total. The van der Waals surface area contributed by atoms with Crippen molar-refractivity contribution >= 4 is 17.2 Å². The lowest BCUT2D eigenvalue weighted by Crippen LogP contribution is -2.25. The number of nitrogens with one attached hydrogen (secondary N) is 1. The van der Waals surface area contributed by atoms with Gasteiger partial charge in [-0.3, -0.25) is 9.48 Å². The van der Waals surface area contributed by atoms with Crippen molar-refractivity contribution in [1.82, 2.24) is 20.1 Å². The maximum absolute atomic E-state index is 12.1. The summed E-state index contributed by atoms with van der Waals surface area (Å²) in [6.45, 7) is 2.76. The van der Waals surface area contributed by atoms with Gasteiger partial charge in [0.15, 0.2) is 5.82 Å². The van der Waals surface area contributed by atoms with Gasteiger partial charge in [-0.25, -0.2) is 4.98 Å². The number of carbonyl (C=O) groups is 1. The van der Waals surface area contributed by atoms with E-state index in [0.717, 1.165) is 16.3 Å². The molecule has 2 aromatic rings. The van der Waals surface area contributed by atoms with Crippen molar-refractivity contribution in [3.05, 3.63) is 33.5 Å². The van der Waals surface area contributed by atoms with E-state index in [1.165, 1.54) is 11.3 Å². The first kappa shape index (κ1) is 15.2. The van der Waals surface area contributed by atoms with E-state index in [4.69, 9.17) is 5.73 Å². The van der Waals surface area contributed by atoms with Crippen molar-refractivity contribution in [2.24, 2.45) is 12.8 Å². The Morgan fingerprint density at radius 3 is 3.05 bits per heavy atom. The highest BCUT2D eigenvalue weighted by Crippen LogP contribution is 2.20. The lowest BCUT2D eigenvalue weighted by atomic mass is 10.2. The van der Waals surface area contributed by atoms with E-state index >= 15 is 0 Å². The Kier molecular flexibility index (Phi) is 5.09. The van der Waals surface area contributed by atoms with Crippen LogP contribution in [0.25, 0.3) is 0 Å². The molecule has 0 aliphatic rings. The summed E-state index contributed by atoms with van der Waals surface area (Å²) in [6.07, 6.45) is 2.25. The molecule has 1 amide bonds. The fourth-order valence-corrected chi connectivity index (χ4v) is 2.69. The highest BCUT2D eigenvalue weighted by atomic mass is 32.1. The summed E-state index contributed by atoms with van der Waals surface area (Å²) in [7, 11) is 1.81. The van der Waals surface area contributed by atoms with Crippen LogP contribution in [0.3, 0.4) is 0 Å². The average molecular weight is 303 g/mol. The minimum atomic E-state index is -0.0974. The molecule has 0 spiro atoms. The van der Waals surface area contributed by atoms with Crippen LogP contribution >= 0.6 is 11.3 Å². The number of aryl methyl sites for hydroxylation is 2. The SMILES string of the molecule is Cc1cc(C(=O)NCCc2ncn(C)n2)sc1C#CCN. The number of rotatable bonds is 4. The van der Waals surface area contributed by atoms with E-state index in [1.54, 1.807) is 11.0 Å². The quantitative estimate of drug-likeness (QED) is 0.804. The smallest absolute Gasteiger partial charge is 0.261 e. The Balaban J connectivity index is 1.91. The van der Waals surface area contributed by atoms with Crippen molar-refractivity contribution in [3.63, 3.8) is 0 Å². The van der Waals surface area contributed by atoms with Gasteiger partial charge in [-0.2, -0.15) is 5.10 Å². The second kappa shape index (κ2) is 7.02. The van der Waals surface area contributed by atoms with Gasteiger partial charge in [0.25, 0.3) is 5.91 Å². The first-order chi connectivity index (χ1) is 10.1. The second-order valence-electron chi connectivity index (χ2n) is 4.47. The van der Waals surface area contributed by atoms with Gasteiger partial charge in [-0.05, 0) is 18.6 Å². The molecule has 7 heteroatoms. The lowest BCUT2D eigenvalue weighted by molar-refractivity contribution is 0.0958. The molecule has 0 atom stereocenters. The third kappa shape index (κ3) is 4.15. The number of aromatic nitrogens is 3. The number of thiophene rings is 1. The largest absolute Gasteiger partial charge is 0.351 e. The Morgan fingerprint density at radius 1 is 1.57 bits per heavy atom. The average Bonchev–Trinajstić information content (AvgIpc) is 3.03. The van der Waals surface area contributed by atoms with E-state index in [1.807, 2.05) is 20.0 Å². The van der Waals surface area contributed by atoms with Crippen molar-refractivity contribution in [3.8, 4) is 11.8 Å². The monoisotopic (exact) mass is 303 g/mol. The summed E-state index contributed by atoms with van der Waals surface area (Å²) >= 11 is 1.38. The third-order valence-electron chi connectivity index (χ3n) is 2.73. The molecule has 2 heterocycles. The zero-order valence-corrected chi connectivity index (χ0v) is 12.8. The summed E-state index contributed by atoms with van der Waals surface area (Å²) in [6, 6.07) is 1.85. The molecule has 0 saturated heterocycles. The highest BCUT2D eigenvalue weighted by Gasteiger charge is 2.11. The van der Waals surface area contributed by atoms with Gasteiger partial charge in [0.05, 0.1) is 16.3 Å². The highest BCUT2D eigenvalue weighted by molar-refractivity contribution is 7.14. The molecule has 2 rings (SSSR count). The van der Waals surface area contributed by atoms with Gasteiger partial charge in [0, 0.05) is 20.0 Å². The zero-order valence-electron chi connectivity index (χ0n) is 12.0. The summed E-state index contributed by atoms with van der Waals surface area (Å²) in [5, 5.41) is 7.02. The standard InChI is InChI=1S/C14H17N5OS/c1-10-8-12(21-11(10)4-3-6-15)14(20)16-7-5-13-17-9-19(2)18-13/h8-9H,5-7,15H2,1-2H3,(H,16,20). The molecule has 110 valence electrons. The Bertz CT molecular complexity index is 692. The van der Waals surface area contributed by atoms with E-state index in [-0.39, 0.29) is 5.91 Å². The molecular formula is C14H17N5OS. The van der Waals surface area contributed by atoms with Gasteiger partial charge >= 0.3 is 0 Å². The van der Waals surface area contributed by atoms with Gasteiger partial charge in [0.1, 0.15) is 6.33 Å². The van der Waals surface area contributed by atoms with Crippen molar-refractivity contribution in [2.45, 2.75) is 13.3 Å². The van der Waals surface area contributed by atoms with E-state index in [9.17, 15) is 4.79 Å². The summed E-state index contributed by atoms with van der Waals surface area (Å²) in [5.41, 5.74) is 6.35. The van der Waals surface area contributed by atoms with Crippen LogP contribution in [0, 0.1) is 18.8 Å². The van der Waals surface area contributed by atoms with Crippen LogP contribution < -0.4 is 11.1 Å². The fraction of sp³-hybridized carbons (Fsp3) is 0.357. The van der Waals surface area contributed by atoms with Gasteiger partial charge in [-0.1, -0.05) is 11.8 Å². The van der Waals surface area contributed by atoms with Crippen LogP contribution in [0.5, 0.6) is 0 Å². The van der Waals surface area contributed by atoms with Crippen LogP contribution in [0.1, 0.15) is 25.9 Å². The van der Waals surface area contributed by atoms with E-state index < -0.39 is 0 Å². The molecule has 0 saturated carbocycles. The van der Waals surface area contributed by atoms with Gasteiger partial charge in [0.2, 0.25) is 0 Å². The molecule has 21 heavy (non-hydrogen) atoms. The molecule has 0 bridgehead atoms. The van der Waals surface area contributed by atoms with Crippen molar-refractivity contribution in [1.29, 1.82) is 0 Å². The normalized spacial score (nSPS) is 10.0. The number of amides is 1. The fourth-order valence-electron chi connectivity index (χ4n) is 1.72. The van der Waals surface area contributed by atoms with E-state index in [0.29, 0.717) is 24.4 Å². The van der Waals surface area contributed by atoms with Crippen LogP contribution in [0.4, 0.5) is 0 Å². The molecule has 2 aromatic heterocycles. The predicted octanol–water partition coefficient (Wildman–Crippen LogP) is 0.468. The molecule has 0 unspecified atom stereocenters. The van der Waals surface area contributed by atoms with Crippen molar-refractivity contribution in [2.75, 3.05) is 13.1 Å². The van der Waals surface area contributed by atoms with Crippen molar-refractivity contribution < 1.29 is 4.79 Å². The Hall–Kier alpha value is -2.17. The molecule has 0 aromatic carbocycles. The molecule has 0 radical (unpaired) electrons. The molecule has 0 aliphatic heterocycles. The Labute approximate surface area is 127 Å². The van der Waals surface area contributed by atoms with Gasteiger partial charge < -0.3 is 11.1 Å². The van der Waals surface area contributed by atoms with Crippen LogP contribution in [-0.2, 0) is 13.5 Å². The van der Waals surface area contributed by atoms with E-state index in [2.05, 4.69) is 27.2 Å². The molecular weight excluding hydrogens is 286 g/mol. The predicted molar refractivity (Wildman–Crippen MR) is 82.0 cm³/mol. The third-order valence-corrected chi connectivity index (χ3v) is 3.88. The van der Waals surface area contributed by atoms with Crippen LogP contribution in [-0.4, -0.2) is 33.8 Å². The number of carbonyl (C=O) groups excluding carboxylic acids is 1. The number of hydrogen-bond acceptors (Lipinski definition) is 5. The minimum absolute atomic E-state index is 0.0974. The maximum atomic E-state index is 12.1. The second-order valence-corrected chi connectivity index (χ2v) is 5.52. The first-order valence-corrected chi connectivity index (χ1v) is 7.34. The summed E-state index contributed by atoms with van der Waals surface area (Å²) in [4.78, 5) is 17.7. The molecule has 0 aliphatic carbocycles. The first-order valence-electron chi connectivity index (χ1n) is 6.52. The summed E-state index contributed by atoms with van der Waals surface area (Å²) < 4.78 is 1.64. The number of nitrogens with two attached hydrogens (primary N) is 1. The van der Waals surface area contributed by atoms with Gasteiger partial charge in [-0.15, -0.1) is 11.3 Å². The number of nitrogens with zero attached hydrogens (tertiary/aromatic N) is 3. The maximum Gasteiger partial charge on any atom is 0.261 e. The minimum Gasteiger partial charge on any atom is -0.351 e. The Morgan fingerprint density at radius 2 is 2.38 bits per heavy atom. The topological polar surface area (TPSA) is 85.8 Å². The zero-order chi connectivity index (χ0) is 15.2. The number of hydrogen-bond donors (Lipinski definition) is 2. The van der Waals surface area contributed by atoms with Crippen LogP contribution in [0.2, 0.25) is 0 Å². The molecule has 0 fully saturated rings.